The molecule has 0 aliphatic heterocycles. The Morgan fingerprint density at radius 1 is 0.427 bits per heavy atom. The first-order chi connectivity index (χ1) is 45.8. The monoisotopic (exact) mass is 1410 g/mol. The second kappa shape index (κ2) is 41.4. The third kappa shape index (κ3) is 28.5. The van der Waals surface area contributed by atoms with Crippen molar-refractivity contribution in [3.05, 3.63) is 300 Å². The molecule has 7 N–H and O–H groups in total. The lowest BCUT2D eigenvalue weighted by Gasteiger charge is -2.07. The first-order valence-corrected chi connectivity index (χ1v) is 28.6. The molecule has 0 aliphatic rings. The van der Waals surface area contributed by atoms with Gasteiger partial charge in [0.1, 0.15) is 34.1 Å². The summed E-state index contributed by atoms with van der Waals surface area (Å²) in [7, 11) is 2.29. The van der Waals surface area contributed by atoms with Crippen molar-refractivity contribution in [2.24, 2.45) is 5.73 Å². The number of ether oxygens (including phenoxy) is 2. The van der Waals surface area contributed by atoms with E-state index in [1.54, 1.807) is 48.5 Å². The summed E-state index contributed by atoms with van der Waals surface area (Å²) in [5.74, 6) is -10.3. The summed E-state index contributed by atoms with van der Waals surface area (Å²) in [6.45, 7) is 1.74. The van der Waals surface area contributed by atoms with Crippen LogP contribution in [0.25, 0.3) is 0 Å². The molecule has 10 rings (SSSR count). The number of benzene rings is 4. The number of esters is 2. The number of halogens is 13. The maximum absolute atomic E-state index is 13.6. The number of carboxylic acids is 1. The number of hydrogen-bond acceptors (Lipinski definition) is 17. The number of methoxy groups -OCH3 is 2. The number of aromatic carboxylic acids is 1. The van der Waals surface area contributed by atoms with Gasteiger partial charge in [-0.2, -0.15) is 54.5 Å². The number of rotatable bonds is 15. The Balaban J connectivity index is 0.000000244. The average molecular weight is 1410 g/mol. The summed E-state index contributed by atoms with van der Waals surface area (Å²) in [5.41, 5.74) is 8.41. The van der Waals surface area contributed by atoms with Gasteiger partial charge >= 0.3 is 17.9 Å². The molecule has 0 atom stereocenters. The van der Waals surface area contributed by atoms with Gasteiger partial charge < -0.3 is 41.4 Å². The molecule has 0 bridgehead atoms. The van der Waals surface area contributed by atoms with E-state index in [1.165, 1.54) is 37.4 Å². The van der Waals surface area contributed by atoms with Crippen molar-refractivity contribution in [1.82, 2.24) is 29.9 Å². The summed E-state index contributed by atoms with van der Waals surface area (Å²) in [6, 6.07) is 45.2. The molecule has 96 heavy (non-hydrogen) atoms. The number of hydrogen-bond donors (Lipinski definition) is 6. The smallest absolute Gasteiger partial charge is 0.342 e. The van der Waals surface area contributed by atoms with Crippen molar-refractivity contribution in [2.75, 3.05) is 30.2 Å². The second-order valence-electron chi connectivity index (χ2n) is 18.3. The largest absolute Gasteiger partial charge is 0.478 e. The Morgan fingerprint density at radius 3 is 1.07 bits per heavy atom. The Morgan fingerprint density at radius 2 is 0.760 bits per heavy atom. The van der Waals surface area contributed by atoms with E-state index in [4.69, 9.17) is 62.4 Å². The molecular weight excluding hydrogens is 1360 g/mol. The molecule has 4 aromatic carbocycles. The van der Waals surface area contributed by atoms with Crippen LogP contribution in [0, 0.1) is 53.5 Å². The number of aliphatic hydroxyl groups excluding tert-OH is 1. The Bertz CT molecular complexity index is 4110. The van der Waals surface area contributed by atoms with Crippen molar-refractivity contribution >= 4 is 88.1 Å². The molecule has 0 radical (unpaired) electrons. The molecular formula is C65H53Cl4F9N10O8. The molecule has 0 aliphatic carbocycles. The van der Waals surface area contributed by atoms with Gasteiger partial charge in [0.05, 0.1) is 26.4 Å². The molecule has 6 aromatic heterocycles. The van der Waals surface area contributed by atoms with Gasteiger partial charge in [0.25, 0.3) is 0 Å². The van der Waals surface area contributed by atoms with E-state index < -0.39 is 77.0 Å². The molecule has 10 aromatic rings. The lowest BCUT2D eigenvalue weighted by molar-refractivity contribution is 0.0585. The fourth-order valence-corrected chi connectivity index (χ4v) is 7.24. The fraction of sp³-hybridized carbons (Fsp3) is 0.108. The van der Waals surface area contributed by atoms with Gasteiger partial charge in [0.2, 0.25) is 53.5 Å². The molecule has 31 heteroatoms. The molecule has 0 amide bonds. The van der Waals surface area contributed by atoms with Gasteiger partial charge in [-0.1, -0.05) is 101 Å². The van der Waals surface area contributed by atoms with Crippen molar-refractivity contribution in [2.45, 2.75) is 32.8 Å². The van der Waals surface area contributed by atoms with Crippen molar-refractivity contribution < 1.29 is 78.4 Å². The van der Waals surface area contributed by atoms with Gasteiger partial charge in [-0.25, -0.2) is 29.3 Å². The van der Waals surface area contributed by atoms with E-state index in [9.17, 15) is 58.7 Å². The topological polar surface area (TPSA) is 267 Å². The SMILES string of the molecule is COC(=O)c1ccc(F)nc1F.COC(=O)c1ccc(NCc2ccc(Cl)cc2)nc1F.Fc1cccc(F)n1.NCc1ccc(Cl)cc1.O=C(O)c1ccc(F)nc1F.O=Cc1ccc(NCc2ccc(Cl)cc2)nc1F.OCc1ccc(NCc2ccc(Cl)cc2)nc1F. The minimum absolute atomic E-state index is 0.0490. The zero-order valence-electron chi connectivity index (χ0n) is 49.9. The van der Waals surface area contributed by atoms with Gasteiger partial charge in [-0.3, -0.25) is 4.79 Å². The molecule has 0 fully saturated rings. The van der Waals surface area contributed by atoms with Crippen LogP contribution in [-0.4, -0.2) is 78.5 Å². The maximum Gasteiger partial charge on any atom is 0.342 e. The van der Waals surface area contributed by atoms with E-state index in [0.29, 0.717) is 65.0 Å². The lowest BCUT2D eigenvalue weighted by Crippen LogP contribution is -2.08. The minimum atomic E-state index is -1.46. The number of pyridine rings is 6. The van der Waals surface area contributed by atoms with Gasteiger partial charge in [0, 0.05) is 51.8 Å². The van der Waals surface area contributed by atoms with Crippen molar-refractivity contribution in [3.8, 4) is 0 Å². The highest BCUT2D eigenvalue weighted by Crippen LogP contribution is 2.18. The van der Waals surface area contributed by atoms with Crippen molar-refractivity contribution in [3.63, 3.8) is 0 Å². The molecule has 0 spiro atoms. The van der Waals surface area contributed by atoms with E-state index in [0.717, 1.165) is 70.8 Å². The third-order valence-electron chi connectivity index (χ3n) is 11.6. The first kappa shape index (κ1) is 78.2. The van der Waals surface area contributed by atoms with Crippen LogP contribution in [-0.2, 0) is 42.3 Å². The van der Waals surface area contributed by atoms with E-state index in [-0.39, 0.29) is 28.9 Å². The number of aldehydes is 1. The lowest BCUT2D eigenvalue weighted by atomic mass is 10.2. The molecule has 0 unspecified atom stereocenters. The average Bonchev–Trinajstić information content (AvgIpc) is 1.11. The molecule has 6 heterocycles. The second-order valence-corrected chi connectivity index (χ2v) is 20.1. The van der Waals surface area contributed by atoms with Crippen LogP contribution in [0.2, 0.25) is 20.1 Å². The van der Waals surface area contributed by atoms with Gasteiger partial charge in [-0.05, 0) is 144 Å². The van der Waals surface area contributed by atoms with Crippen LogP contribution in [0.15, 0.2) is 176 Å². The van der Waals surface area contributed by atoms with Gasteiger partial charge in [-0.15, -0.1) is 0 Å². The Labute approximate surface area is 561 Å². The zero-order valence-corrected chi connectivity index (χ0v) is 52.9. The number of aliphatic hydroxyl groups is 1. The Hall–Kier alpha value is -10.3. The third-order valence-corrected chi connectivity index (χ3v) is 12.6. The molecule has 0 saturated carbocycles. The summed E-state index contributed by atoms with van der Waals surface area (Å²) in [5, 5.41) is 28.8. The number of carbonyl (C=O) groups is 4. The highest BCUT2D eigenvalue weighted by atomic mass is 35.5. The van der Waals surface area contributed by atoms with Crippen LogP contribution in [0.1, 0.15) is 69.2 Å². The summed E-state index contributed by atoms with van der Waals surface area (Å²) >= 11 is 23.0. The predicted molar refractivity (Wildman–Crippen MR) is 342 cm³/mol. The molecule has 18 nitrogen and oxygen atoms in total. The highest BCUT2D eigenvalue weighted by Gasteiger charge is 2.16. The van der Waals surface area contributed by atoms with Crippen LogP contribution < -0.4 is 21.7 Å². The number of nitrogens with zero attached hydrogens (tertiary/aromatic N) is 6. The van der Waals surface area contributed by atoms with E-state index in [1.807, 2.05) is 60.7 Å². The van der Waals surface area contributed by atoms with Crippen molar-refractivity contribution in [1.29, 1.82) is 0 Å². The molecule has 0 saturated heterocycles. The van der Waals surface area contributed by atoms with E-state index >= 15 is 0 Å². The predicted octanol–water partition coefficient (Wildman–Crippen LogP) is 14.9. The van der Waals surface area contributed by atoms with Crippen LogP contribution >= 0.6 is 46.4 Å². The number of nitrogens with two attached hydrogens (primary N) is 1. The van der Waals surface area contributed by atoms with E-state index in [2.05, 4.69) is 55.3 Å². The number of anilines is 3. The van der Waals surface area contributed by atoms with Crippen LogP contribution in [0.5, 0.6) is 0 Å². The fourth-order valence-electron chi connectivity index (χ4n) is 6.74. The summed E-state index contributed by atoms with van der Waals surface area (Å²) < 4.78 is 122. The number of carboxylic acid groups (broad SMARTS) is 1. The highest BCUT2D eigenvalue weighted by molar-refractivity contribution is 6.31. The van der Waals surface area contributed by atoms with Gasteiger partial charge in [0.15, 0.2) is 6.29 Å². The van der Waals surface area contributed by atoms with Crippen LogP contribution in [0.3, 0.4) is 0 Å². The standard InChI is InChI=1S/C14H12ClFN2O2.C13H12ClFN2O.C13H10ClFN2O.C7H8ClN.C7H5F2NO2.C6H3F2NO2.C5H3F2N/c1-20-14(19)11-6-7-12(18-13(11)16)17-8-9-2-4-10(15)5-3-9;2*14-11-4-1-9(2-5-11)7-16-12-6-3-10(8-18)13(15)17-12;8-7-3-1-6(5-9)2-4-7;1-12-7(11)4-2-3-5(8)10-6(4)9;7-4-2-1-3(6(10)11)5(8)9-4;6-4-2-1-3-5(7)8-4/h2-7H,8H2,1H3,(H,17,18);1-6,18H,7-8H2,(H,16,17);1-6,8H,7H2,(H,16,17);1-4H,5,9H2;2-3H,1H3;1-2H,(H,10,11);1-3H. The number of carbonyl (C=O) groups excluding carboxylic acids is 3. The Kier molecular flexibility index (Phi) is 33.7. The molecule has 502 valence electrons. The minimum Gasteiger partial charge on any atom is -0.478 e. The normalized spacial score (nSPS) is 9.93. The first-order valence-electron chi connectivity index (χ1n) is 27.1. The summed E-state index contributed by atoms with van der Waals surface area (Å²) in [4.78, 5) is 61.9. The number of nitrogens with one attached hydrogen (secondary N) is 3. The maximum atomic E-state index is 13.6. The quantitative estimate of drug-likeness (QED) is 0.0241. The number of aromatic nitrogens is 6. The zero-order chi connectivity index (χ0) is 70.7. The summed E-state index contributed by atoms with van der Waals surface area (Å²) in [6.07, 6.45) is 0.436. The van der Waals surface area contributed by atoms with Crippen LogP contribution in [0.4, 0.5) is 57.0 Å².